The fourth-order valence-electron chi connectivity index (χ4n) is 1.43. The molecule has 0 saturated heterocycles. The number of nitrogens with one attached hydrogen (secondary N) is 1. The van der Waals surface area contributed by atoms with E-state index >= 15 is 0 Å². The van der Waals surface area contributed by atoms with Crippen molar-refractivity contribution in [2.24, 2.45) is 0 Å². The molecule has 0 bridgehead atoms. The summed E-state index contributed by atoms with van der Waals surface area (Å²) < 4.78 is 10.3. The van der Waals surface area contributed by atoms with Gasteiger partial charge in [0.05, 0.1) is 14.2 Å². The summed E-state index contributed by atoms with van der Waals surface area (Å²) in [5.41, 5.74) is 1.46. The Kier molecular flexibility index (Phi) is 4.16. The van der Waals surface area contributed by atoms with E-state index in [2.05, 4.69) is 6.92 Å². The second kappa shape index (κ2) is 5.39. The summed E-state index contributed by atoms with van der Waals surface area (Å²) in [6.45, 7) is 2.06. The van der Waals surface area contributed by atoms with Gasteiger partial charge < -0.3 is 14.9 Å². The second-order valence-electron chi connectivity index (χ2n) is 3.29. The van der Waals surface area contributed by atoms with E-state index in [1.54, 1.807) is 20.3 Å². The molecule has 0 aromatic heterocycles. The fraction of sp³-hybridized carbons (Fsp3) is 0.417. The topological polar surface area (TPSA) is 42.3 Å². The minimum Gasteiger partial charge on any atom is -0.497 e. The van der Waals surface area contributed by atoms with E-state index in [4.69, 9.17) is 14.9 Å². The van der Waals surface area contributed by atoms with E-state index in [9.17, 15) is 0 Å². The number of methoxy groups -OCH3 is 2. The van der Waals surface area contributed by atoms with Gasteiger partial charge >= 0.3 is 0 Å². The third-order valence-electron chi connectivity index (χ3n) is 2.23. The molecule has 0 unspecified atom stereocenters. The van der Waals surface area contributed by atoms with Gasteiger partial charge in [0.2, 0.25) is 0 Å². The van der Waals surface area contributed by atoms with Crippen LogP contribution in [0.1, 0.15) is 25.3 Å². The van der Waals surface area contributed by atoms with Crippen LogP contribution in [-0.4, -0.2) is 19.9 Å². The minimum absolute atomic E-state index is 0.608. The highest BCUT2D eigenvalue weighted by Gasteiger charge is 2.08. The zero-order valence-electron chi connectivity index (χ0n) is 9.46. The fourth-order valence-corrected chi connectivity index (χ4v) is 1.43. The normalized spacial score (nSPS) is 9.80. The number of hydrogen-bond acceptors (Lipinski definition) is 3. The van der Waals surface area contributed by atoms with Gasteiger partial charge in [0.1, 0.15) is 11.5 Å². The summed E-state index contributed by atoms with van der Waals surface area (Å²) in [5, 5.41) is 7.88. The van der Waals surface area contributed by atoms with Gasteiger partial charge in [0.25, 0.3) is 0 Å². The zero-order chi connectivity index (χ0) is 11.3. The molecule has 0 fully saturated rings. The molecule has 0 atom stereocenters. The standard InChI is InChI=1S/C12H17NO2/c1-4-5-11(13)10-7-6-9(14-2)8-12(10)15-3/h6-8,13H,4-5H2,1-3H3. The summed E-state index contributed by atoms with van der Waals surface area (Å²) in [4.78, 5) is 0. The van der Waals surface area contributed by atoms with E-state index < -0.39 is 0 Å². The van der Waals surface area contributed by atoms with Gasteiger partial charge in [-0.3, -0.25) is 0 Å². The van der Waals surface area contributed by atoms with E-state index in [0.29, 0.717) is 11.5 Å². The zero-order valence-corrected chi connectivity index (χ0v) is 9.46. The van der Waals surface area contributed by atoms with Crippen LogP contribution in [0.15, 0.2) is 18.2 Å². The predicted molar refractivity (Wildman–Crippen MR) is 61.3 cm³/mol. The van der Waals surface area contributed by atoms with E-state index in [0.717, 1.165) is 24.2 Å². The Bertz CT molecular complexity index is 347. The first-order chi connectivity index (χ1) is 7.22. The van der Waals surface area contributed by atoms with Gasteiger partial charge in [-0.2, -0.15) is 0 Å². The lowest BCUT2D eigenvalue weighted by atomic mass is 10.0. The highest BCUT2D eigenvalue weighted by molar-refractivity contribution is 6.00. The number of hydrogen-bond donors (Lipinski definition) is 1. The molecule has 1 aromatic rings. The van der Waals surface area contributed by atoms with Crippen molar-refractivity contribution >= 4 is 5.71 Å². The molecule has 0 aliphatic heterocycles. The highest BCUT2D eigenvalue weighted by atomic mass is 16.5. The molecule has 82 valence electrons. The molecule has 15 heavy (non-hydrogen) atoms. The smallest absolute Gasteiger partial charge is 0.131 e. The van der Waals surface area contributed by atoms with Gasteiger partial charge in [-0.1, -0.05) is 13.3 Å². The maximum atomic E-state index is 7.88. The first-order valence-corrected chi connectivity index (χ1v) is 5.02. The average molecular weight is 207 g/mol. The van der Waals surface area contributed by atoms with Crippen LogP contribution in [-0.2, 0) is 0 Å². The monoisotopic (exact) mass is 207 g/mol. The highest BCUT2D eigenvalue weighted by Crippen LogP contribution is 2.25. The largest absolute Gasteiger partial charge is 0.497 e. The van der Waals surface area contributed by atoms with E-state index in [1.165, 1.54) is 0 Å². The lowest BCUT2D eigenvalue weighted by Gasteiger charge is -2.10. The Hall–Kier alpha value is -1.51. The quantitative estimate of drug-likeness (QED) is 0.754. The molecule has 0 aliphatic carbocycles. The summed E-state index contributed by atoms with van der Waals surface area (Å²) in [5.74, 6) is 1.45. The van der Waals surface area contributed by atoms with Crippen molar-refractivity contribution in [2.45, 2.75) is 19.8 Å². The minimum atomic E-state index is 0.608. The maximum absolute atomic E-state index is 7.88. The van der Waals surface area contributed by atoms with Crippen LogP contribution in [0, 0.1) is 5.41 Å². The van der Waals surface area contributed by atoms with Gasteiger partial charge in [0.15, 0.2) is 0 Å². The van der Waals surface area contributed by atoms with Crippen molar-refractivity contribution in [3.63, 3.8) is 0 Å². The molecule has 1 N–H and O–H groups in total. The Balaban J connectivity index is 3.02. The summed E-state index contributed by atoms with van der Waals surface area (Å²) >= 11 is 0. The molecule has 3 nitrogen and oxygen atoms in total. The van der Waals surface area contributed by atoms with Crippen LogP contribution >= 0.6 is 0 Å². The van der Waals surface area contributed by atoms with Gasteiger partial charge in [-0.15, -0.1) is 0 Å². The number of ether oxygens (including phenoxy) is 2. The van der Waals surface area contributed by atoms with Gasteiger partial charge in [-0.25, -0.2) is 0 Å². The Morgan fingerprint density at radius 2 is 2.00 bits per heavy atom. The molecule has 1 aromatic carbocycles. The van der Waals surface area contributed by atoms with Crippen molar-refractivity contribution in [3.05, 3.63) is 23.8 Å². The average Bonchev–Trinajstić information content (AvgIpc) is 2.28. The lowest BCUT2D eigenvalue weighted by Crippen LogP contribution is -2.02. The Labute approximate surface area is 90.5 Å². The summed E-state index contributed by atoms with van der Waals surface area (Å²) in [7, 11) is 3.23. The Morgan fingerprint density at radius 3 is 2.53 bits per heavy atom. The van der Waals surface area contributed by atoms with E-state index in [1.807, 2.05) is 12.1 Å². The molecule has 0 saturated carbocycles. The molecule has 0 radical (unpaired) electrons. The molecule has 1 rings (SSSR count). The third-order valence-corrected chi connectivity index (χ3v) is 2.23. The van der Waals surface area contributed by atoms with Crippen molar-refractivity contribution in [2.75, 3.05) is 14.2 Å². The van der Waals surface area contributed by atoms with Gasteiger partial charge in [-0.05, 0) is 18.6 Å². The molecular formula is C12H17NO2. The molecule has 0 aliphatic rings. The van der Waals surface area contributed by atoms with Crippen LogP contribution in [0.2, 0.25) is 0 Å². The van der Waals surface area contributed by atoms with Crippen LogP contribution in [0.5, 0.6) is 11.5 Å². The maximum Gasteiger partial charge on any atom is 0.131 e. The van der Waals surface area contributed by atoms with Crippen molar-refractivity contribution in [3.8, 4) is 11.5 Å². The molecule has 0 spiro atoms. The SMILES string of the molecule is CCCC(=N)c1ccc(OC)cc1OC. The van der Waals surface area contributed by atoms with Gasteiger partial charge in [0, 0.05) is 17.3 Å². The second-order valence-corrected chi connectivity index (χ2v) is 3.29. The molecular weight excluding hydrogens is 190 g/mol. The molecule has 3 heteroatoms. The van der Waals surface area contributed by atoms with E-state index in [-0.39, 0.29) is 0 Å². The van der Waals surface area contributed by atoms with Crippen molar-refractivity contribution in [1.82, 2.24) is 0 Å². The van der Waals surface area contributed by atoms with Crippen LogP contribution in [0.25, 0.3) is 0 Å². The van der Waals surface area contributed by atoms with Crippen LogP contribution in [0.4, 0.5) is 0 Å². The first-order valence-electron chi connectivity index (χ1n) is 5.02. The predicted octanol–water partition coefficient (Wildman–Crippen LogP) is 2.87. The molecule has 0 amide bonds. The Morgan fingerprint density at radius 1 is 1.27 bits per heavy atom. The number of benzene rings is 1. The van der Waals surface area contributed by atoms with Crippen LogP contribution in [0.3, 0.4) is 0 Å². The third kappa shape index (κ3) is 2.72. The summed E-state index contributed by atoms with van der Waals surface area (Å²) in [6, 6.07) is 5.53. The van der Waals surface area contributed by atoms with Crippen LogP contribution < -0.4 is 9.47 Å². The lowest BCUT2D eigenvalue weighted by molar-refractivity contribution is 0.393. The van der Waals surface area contributed by atoms with Crippen molar-refractivity contribution in [1.29, 1.82) is 5.41 Å². The first kappa shape index (κ1) is 11.6. The van der Waals surface area contributed by atoms with Crippen molar-refractivity contribution < 1.29 is 9.47 Å². The molecule has 0 heterocycles. The summed E-state index contributed by atoms with van der Waals surface area (Å²) in [6.07, 6.45) is 1.73. The number of rotatable bonds is 5.